The molecule has 0 atom stereocenters. The topological polar surface area (TPSA) is 0 Å². The van der Waals surface area contributed by atoms with Crippen molar-refractivity contribution in [2.45, 2.75) is 51.9 Å². The van der Waals surface area contributed by atoms with Crippen molar-refractivity contribution in [1.82, 2.24) is 0 Å². The molecular formula is C11H21Cl. The minimum Gasteiger partial charge on any atom is -0.127 e. The average Bonchev–Trinajstić information content (AvgIpc) is 2.10. The highest BCUT2D eigenvalue weighted by Crippen LogP contribution is 2.03. The summed E-state index contributed by atoms with van der Waals surface area (Å²) in [6.07, 6.45) is 13.5. The maximum atomic E-state index is 5.56. The van der Waals surface area contributed by atoms with E-state index in [-0.39, 0.29) is 0 Å². The molecule has 0 bridgehead atoms. The van der Waals surface area contributed by atoms with Crippen LogP contribution in [-0.4, -0.2) is 5.88 Å². The van der Waals surface area contributed by atoms with Gasteiger partial charge in [0.2, 0.25) is 0 Å². The molecule has 0 saturated heterocycles. The van der Waals surface area contributed by atoms with Crippen molar-refractivity contribution in [2.75, 3.05) is 5.88 Å². The van der Waals surface area contributed by atoms with E-state index in [1.54, 1.807) is 0 Å². The Bertz CT molecular complexity index is 97.2. The largest absolute Gasteiger partial charge is 0.127 e. The van der Waals surface area contributed by atoms with Crippen LogP contribution < -0.4 is 0 Å². The highest BCUT2D eigenvalue weighted by molar-refractivity contribution is 6.17. The van der Waals surface area contributed by atoms with Crippen molar-refractivity contribution in [3.05, 3.63) is 12.2 Å². The molecule has 0 unspecified atom stereocenters. The van der Waals surface area contributed by atoms with Gasteiger partial charge >= 0.3 is 0 Å². The third kappa shape index (κ3) is 10.0. The molecule has 12 heavy (non-hydrogen) atoms. The lowest BCUT2D eigenvalue weighted by Crippen LogP contribution is -1.76. The van der Waals surface area contributed by atoms with Crippen LogP contribution in [-0.2, 0) is 0 Å². The molecule has 0 aliphatic rings. The molecule has 0 aromatic carbocycles. The molecule has 72 valence electrons. The quantitative estimate of drug-likeness (QED) is 0.298. The van der Waals surface area contributed by atoms with Gasteiger partial charge in [0.15, 0.2) is 0 Å². The number of allylic oxidation sites excluding steroid dienone is 2. The van der Waals surface area contributed by atoms with E-state index in [1.807, 2.05) is 0 Å². The maximum absolute atomic E-state index is 5.56. The van der Waals surface area contributed by atoms with Crippen LogP contribution in [0.4, 0.5) is 0 Å². The molecular weight excluding hydrogens is 168 g/mol. The third-order valence-corrected chi connectivity index (χ3v) is 2.16. The molecule has 0 spiro atoms. The molecule has 0 nitrogen and oxygen atoms in total. The van der Waals surface area contributed by atoms with Crippen LogP contribution in [0.15, 0.2) is 12.2 Å². The summed E-state index contributed by atoms with van der Waals surface area (Å²) in [7, 11) is 0. The molecule has 0 N–H and O–H groups in total. The first-order chi connectivity index (χ1) is 5.91. The van der Waals surface area contributed by atoms with Crippen LogP contribution in [0.3, 0.4) is 0 Å². The highest BCUT2D eigenvalue weighted by Gasteiger charge is 1.84. The number of alkyl halides is 1. The Morgan fingerprint density at radius 3 is 2.17 bits per heavy atom. The van der Waals surface area contributed by atoms with E-state index in [9.17, 15) is 0 Å². The standard InChI is InChI=1S/C11H21Cl/c1-2-3-4-5-6-7-8-9-10-11-12/h5-6H,2-4,7-11H2,1H3/b6-5-. The number of unbranched alkanes of at least 4 members (excludes halogenated alkanes) is 5. The van der Waals surface area contributed by atoms with Gasteiger partial charge in [-0.25, -0.2) is 0 Å². The summed E-state index contributed by atoms with van der Waals surface area (Å²) < 4.78 is 0. The van der Waals surface area contributed by atoms with Crippen molar-refractivity contribution in [2.24, 2.45) is 0 Å². The summed E-state index contributed by atoms with van der Waals surface area (Å²) in [6.45, 7) is 2.23. The van der Waals surface area contributed by atoms with Crippen molar-refractivity contribution in [3.63, 3.8) is 0 Å². The van der Waals surface area contributed by atoms with Crippen molar-refractivity contribution in [3.8, 4) is 0 Å². The second-order valence-electron chi connectivity index (χ2n) is 3.15. The Balaban J connectivity index is 2.92. The second-order valence-corrected chi connectivity index (χ2v) is 3.53. The Kier molecular flexibility index (Phi) is 11.1. The molecule has 0 fully saturated rings. The zero-order valence-electron chi connectivity index (χ0n) is 8.19. The lowest BCUT2D eigenvalue weighted by molar-refractivity contribution is 0.729. The molecule has 0 aliphatic carbocycles. The predicted molar refractivity (Wildman–Crippen MR) is 57.9 cm³/mol. The first-order valence-electron chi connectivity index (χ1n) is 5.12. The van der Waals surface area contributed by atoms with Crippen molar-refractivity contribution in [1.29, 1.82) is 0 Å². The monoisotopic (exact) mass is 188 g/mol. The molecule has 0 saturated carbocycles. The predicted octanol–water partition coefficient (Wildman–Crippen LogP) is 4.53. The lowest BCUT2D eigenvalue weighted by atomic mass is 10.2. The van der Waals surface area contributed by atoms with E-state index in [4.69, 9.17) is 11.6 Å². The Morgan fingerprint density at radius 1 is 0.917 bits per heavy atom. The van der Waals surface area contributed by atoms with Gasteiger partial charge in [-0.3, -0.25) is 0 Å². The minimum absolute atomic E-state index is 0.819. The van der Waals surface area contributed by atoms with E-state index in [2.05, 4.69) is 19.1 Å². The highest BCUT2D eigenvalue weighted by atomic mass is 35.5. The van der Waals surface area contributed by atoms with Gasteiger partial charge in [0.05, 0.1) is 0 Å². The van der Waals surface area contributed by atoms with Crippen LogP contribution in [0, 0.1) is 0 Å². The number of rotatable bonds is 8. The zero-order valence-corrected chi connectivity index (χ0v) is 8.95. The van der Waals surface area contributed by atoms with E-state index in [0.717, 1.165) is 5.88 Å². The summed E-state index contributed by atoms with van der Waals surface area (Å²) >= 11 is 5.56. The van der Waals surface area contributed by atoms with E-state index in [1.165, 1.54) is 44.9 Å². The Labute approximate surface area is 82.0 Å². The molecule has 1 heteroatoms. The van der Waals surface area contributed by atoms with Gasteiger partial charge in [-0.2, -0.15) is 0 Å². The van der Waals surface area contributed by atoms with Crippen LogP contribution in [0.5, 0.6) is 0 Å². The minimum atomic E-state index is 0.819. The first-order valence-corrected chi connectivity index (χ1v) is 5.66. The molecule has 0 heterocycles. The lowest BCUT2D eigenvalue weighted by Gasteiger charge is -1.93. The summed E-state index contributed by atoms with van der Waals surface area (Å²) in [5, 5.41) is 0. The Morgan fingerprint density at radius 2 is 1.58 bits per heavy atom. The van der Waals surface area contributed by atoms with Gasteiger partial charge < -0.3 is 0 Å². The van der Waals surface area contributed by atoms with E-state index >= 15 is 0 Å². The fourth-order valence-electron chi connectivity index (χ4n) is 1.09. The molecule has 0 rings (SSSR count). The summed E-state index contributed by atoms with van der Waals surface area (Å²) in [5.41, 5.74) is 0. The number of hydrogen-bond acceptors (Lipinski definition) is 0. The van der Waals surface area contributed by atoms with Gasteiger partial charge in [-0.15, -0.1) is 11.6 Å². The average molecular weight is 189 g/mol. The van der Waals surface area contributed by atoms with Gasteiger partial charge in [-0.1, -0.05) is 38.3 Å². The van der Waals surface area contributed by atoms with Crippen molar-refractivity contribution >= 4 is 11.6 Å². The third-order valence-electron chi connectivity index (χ3n) is 1.90. The van der Waals surface area contributed by atoms with E-state index < -0.39 is 0 Å². The Hall–Kier alpha value is 0.0300. The molecule has 0 radical (unpaired) electrons. The molecule has 0 aromatic heterocycles. The van der Waals surface area contributed by atoms with Gasteiger partial charge in [0.1, 0.15) is 0 Å². The zero-order chi connectivity index (χ0) is 9.07. The normalized spacial score (nSPS) is 11.2. The van der Waals surface area contributed by atoms with E-state index in [0.29, 0.717) is 0 Å². The van der Waals surface area contributed by atoms with Gasteiger partial charge in [0.25, 0.3) is 0 Å². The van der Waals surface area contributed by atoms with Crippen LogP contribution in [0.2, 0.25) is 0 Å². The molecule has 0 aliphatic heterocycles. The fourth-order valence-corrected chi connectivity index (χ4v) is 1.28. The summed E-state index contributed by atoms with van der Waals surface area (Å²) in [6, 6.07) is 0. The smallest absolute Gasteiger partial charge is 0.0223 e. The number of halogens is 1. The SMILES string of the molecule is CCCC/C=C\CCCCCCl. The molecule has 0 amide bonds. The second kappa shape index (κ2) is 11.0. The van der Waals surface area contributed by atoms with Crippen LogP contribution in [0.25, 0.3) is 0 Å². The van der Waals surface area contributed by atoms with Crippen LogP contribution >= 0.6 is 11.6 Å². The van der Waals surface area contributed by atoms with Crippen LogP contribution in [0.1, 0.15) is 51.9 Å². The summed E-state index contributed by atoms with van der Waals surface area (Å²) in [4.78, 5) is 0. The fraction of sp³-hybridized carbons (Fsp3) is 0.818. The molecule has 0 aromatic rings. The van der Waals surface area contributed by atoms with Gasteiger partial charge in [-0.05, 0) is 25.7 Å². The van der Waals surface area contributed by atoms with Crippen molar-refractivity contribution < 1.29 is 0 Å². The maximum Gasteiger partial charge on any atom is 0.0223 e. The first kappa shape index (κ1) is 12.0. The summed E-state index contributed by atoms with van der Waals surface area (Å²) in [5.74, 6) is 0.819. The van der Waals surface area contributed by atoms with Gasteiger partial charge in [0, 0.05) is 5.88 Å². The number of hydrogen-bond donors (Lipinski definition) is 0.